The fourth-order valence-corrected chi connectivity index (χ4v) is 3.43. The van der Waals surface area contributed by atoms with Gasteiger partial charge in [0.2, 0.25) is 0 Å². The van der Waals surface area contributed by atoms with E-state index in [1.807, 2.05) is 13.2 Å². The molecule has 4 rings (SSSR count). The van der Waals surface area contributed by atoms with Crippen molar-refractivity contribution in [2.75, 3.05) is 13.2 Å². The quantitative estimate of drug-likeness (QED) is 0.776. The summed E-state index contributed by atoms with van der Waals surface area (Å²) in [6.07, 6.45) is 5.75. The van der Waals surface area contributed by atoms with E-state index in [-0.39, 0.29) is 17.9 Å². The first kappa shape index (κ1) is 16.5. The maximum Gasteiger partial charge on any atom is 0.343 e. The van der Waals surface area contributed by atoms with Gasteiger partial charge in [-0.2, -0.15) is 5.10 Å². The highest BCUT2D eigenvalue weighted by molar-refractivity contribution is 6.06. The second kappa shape index (κ2) is 6.76. The predicted octanol–water partition coefficient (Wildman–Crippen LogP) is 2.03. The van der Waals surface area contributed by atoms with Crippen LogP contribution in [-0.2, 0) is 11.8 Å². The molecule has 0 bridgehead atoms. The van der Waals surface area contributed by atoms with Crippen LogP contribution in [0.5, 0.6) is 0 Å². The minimum absolute atomic E-state index is 0.0746. The molecule has 2 aromatic heterocycles. The number of nitrogens with zero attached hydrogens (tertiary/aromatic N) is 2. The van der Waals surface area contributed by atoms with Crippen molar-refractivity contribution >= 4 is 16.7 Å². The Bertz CT molecular complexity index is 1010. The fourth-order valence-electron chi connectivity index (χ4n) is 3.43. The smallest absolute Gasteiger partial charge is 0.343 e. The highest BCUT2D eigenvalue weighted by atomic mass is 16.5. The van der Waals surface area contributed by atoms with Gasteiger partial charge >= 0.3 is 5.63 Å². The lowest BCUT2D eigenvalue weighted by Crippen LogP contribution is -2.30. The summed E-state index contributed by atoms with van der Waals surface area (Å²) >= 11 is 0. The highest BCUT2D eigenvalue weighted by Gasteiger charge is 2.31. The molecule has 7 nitrogen and oxygen atoms in total. The molecule has 1 aliphatic heterocycles. The Morgan fingerprint density at radius 3 is 2.92 bits per heavy atom. The molecule has 0 unspecified atom stereocenters. The van der Waals surface area contributed by atoms with E-state index in [1.165, 1.54) is 6.26 Å². The molecule has 0 radical (unpaired) electrons. The maximum absolute atomic E-state index is 12.6. The van der Waals surface area contributed by atoms with E-state index in [1.54, 1.807) is 35.1 Å². The lowest BCUT2D eigenvalue weighted by atomic mass is 9.97. The van der Waals surface area contributed by atoms with E-state index in [2.05, 4.69) is 10.4 Å². The van der Waals surface area contributed by atoms with Crippen molar-refractivity contribution in [1.29, 1.82) is 0 Å². The van der Waals surface area contributed by atoms with Crippen LogP contribution in [0.2, 0.25) is 0 Å². The van der Waals surface area contributed by atoms with E-state index >= 15 is 0 Å². The third-order valence-corrected chi connectivity index (χ3v) is 4.76. The van der Waals surface area contributed by atoms with Gasteiger partial charge in [0.05, 0.1) is 23.3 Å². The number of fused-ring (bicyclic) bond motifs is 1. The Balaban J connectivity index is 1.51. The zero-order valence-corrected chi connectivity index (χ0v) is 14.3. The number of nitrogens with one attached hydrogen (secondary N) is 1. The zero-order valence-electron chi connectivity index (χ0n) is 14.3. The molecule has 0 saturated carbocycles. The summed E-state index contributed by atoms with van der Waals surface area (Å²) in [6, 6.07) is 6.94. The lowest BCUT2D eigenvalue weighted by Gasteiger charge is -2.18. The first-order chi connectivity index (χ1) is 12.6. The van der Waals surface area contributed by atoms with Crippen LogP contribution in [0.4, 0.5) is 0 Å². The van der Waals surface area contributed by atoms with E-state index < -0.39 is 5.63 Å². The SMILES string of the molecule is Cn1cc([C@@H]2OCC[C@H]2CNC(=O)c2coc(=O)c3ccccc23)cn1. The standard InChI is InChI=1S/C19H19N3O4/c1-22-10-13(9-21-22)17-12(6-7-25-17)8-20-18(23)16-11-26-19(24)15-5-3-2-4-14(15)16/h2-5,9-12,17H,6-8H2,1H3,(H,20,23)/t12-,17+/m0/s1. The van der Waals surface area contributed by atoms with Crippen molar-refractivity contribution < 1.29 is 13.9 Å². The summed E-state index contributed by atoms with van der Waals surface area (Å²) in [5.74, 6) is -0.0908. The number of rotatable bonds is 4. The molecule has 2 atom stereocenters. The summed E-state index contributed by atoms with van der Waals surface area (Å²) in [4.78, 5) is 24.4. The van der Waals surface area contributed by atoms with Gasteiger partial charge in [0, 0.05) is 43.3 Å². The van der Waals surface area contributed by atoms with Crippen LogP contribution in [0, 0.1) is 5.92 Å². The van der Waals surface area contributed by atoms with Crippen molar-refractivity contribution in [2.24, 2.45) is 13.0 Å². The van der Waals surface area contributed by atoms with Crippen molar-refractivity contribution in [2.45, 2.75) is 12.5 Å². The molecular weight excluding hydrogens is 334 g/mol. The summed E-state index contributed by atoms with van der Waals surface area (Å²) in [6.45, 7) is 1.13. The van der Waals surface area contributed by atoms with E-state index in [0.29, 0.717) is 29.5 Å². The minimum atomic E-state index is -0.446. The molecule has 0 spiro atoms. The second-order valence-corrected chi connectivity index (χ2v) is 6.48. The van der Waals surface area contributed by atoms with Gasteiger partial charge in [-0.25, -0.2) is 4.79 Å². The Morgan fingerprint density at radius 2 is 2.15 bits per heavy atom. The van der Waals surface area contributed by atoms with Crippen LogP contribution in [-0.4, -0.2) is 28.8 Å². The van der Waals surface area contributed by atoms with Crippen LogP contribution in [0.15, 0.2) is 52.1 Å². The fraction of sp³-hybridized carbons (Fsp3) is 0.316. The van der Waals surface area contributed by atoms with Gasteiger partial charge in [-0.15, -0.1) is 0 Å². The molecule has 1 aliphatic rings. The van der Waals surface area contributed by atoms with Gasteiger partial charge < -0.3 is 14.5 Å². The van der Waals surface area contributed by atoms with Gasteiger partial charge in [0.1, 0.15) is 6.26 Å². The number of benzene rings is 1. The van der Waals surface area contributed by atoms with Gasteiger partial charge in [0.25, 0.3) is 5.91 Å². The number of hydrogen-bond acceptors (Lipinski definition) is 5. The highest BCUT2D eigenvalue weighted by Crippen LogP contribution is 2.33. The van der Waals surface area contributed by atoms with Gasteiger partial charge in [-0.3, -0.25) is 9.48 Å². The molecule has 1 amide bonds. The third kappa shape index (κ3) is 3.01. The summed E-state index contributed by atoms with van der Waals surface area (Å²) in [7, 11) is 1.86. The van der Waals surface area contributed by atoms with Gasteiger partial charge in [0.15, 0.2) is 0 Å². The predicted molar refractivity (Wildman–Crippen MR) is 94.8 cm³/mol. The van der Waals surface area contributed by atoms with Gasteiger partial charge in [-0.05, 0) is 12.5 Å². The summed E-state index contributed by atoms with van der Waals surface area (Å²) in [5.41, 5.74) is 0.926. The van der Waals surface area contributed by atoms with Crippen molar-refractivity contribution in [3.05, 3.63) is 64.5 Å². The van der Waals surface area contributed by atoms with Crippen LogP contribution in [0.3, 0.4) is 0 Å². The average Bonchev–Trinajstić information content (AvgIpc) is 3.28. The molecule has 26 heavy (non-hydrogen) atoms. The maximum atomic E-state index is 12.6. The number of ether oxygens (including phenoxy) is 1. The zero-order chi connectivity index (χ0) is 18.1. The number of carbonyl (C=O) groups excluding carboxylic acids is 1. The molecule has 1 fully saturated rings. The normalized spacial score (nSPS) is 19.7. The van der Waals surface area contributed by atoms with Crippen molar-refractivity contribution in [3.8, 4) is 0 Å². The summed E-state index contributed by atoms with van der Waals surface area (Å²) in [5, 5.41) is 8.13. The average molecular weight is 353 g/mol. The molecule has 1 aromatic carbocycles. The molecule has 1 saturated heterocycles. The number of hydrogen-bond donors (Lipinski definition) is 1. The minimum Gasteiger partial charge on any atom is -0.430 e. The van der Waals surface area contributed by atoms with Crippen LogP contribution in [0.1, 0.15) is 28.4 Å². The second-order valence-electron chi connectivity index (χ2n) is 6.48. The first-order valence-electron chi connectivity index (χ1n) is 8.52. The molecule has 7 heteroatoms. The summed E-state index contributed by atoms with van der Waals surface area (Å²) < 4.78 is 12.6. The van der Waals surface area contributed by atoms with E-state index in [9.17, 15) is 9.59 Å². The Hall–Kier alpha value is -2.93. The Morgan fingerprint density at radius 1 is 1.35 bits per heavy atom. The van der Waals surface area contributed by atoms with Crippen molar-refractivity contribution in [3.63, 3.8) is 0 Å². The monoisotopic (exact) mass is 353 g/mol. The topological polar surface area (TPSA) is 86.4 Å². The van der Waals surface area contributed by atoms with E-state index in [0.717, 1.165) is 12.0 Å². The van der Waals surface area contributed by atoms with Crippen LogP contribution in [0.25, 0.3) is 10.8 Å². The first-order valence-corrected chi connectivity index (χ1v) is 8.52. The number of carbonyl (C=O) groups is 1. The van der Waals surface area contributed by atoms with Crippen LogP contribution < -0.4 is 10.9 Å². The van der Waals surface area contributed by atoms with Crippen molar-refractivity contribution in [1.82, 2.24) is 15.1 Å². The number of aromatic nitrogens is 2. The molecule has 3 aromatic rings. The molecule has 134 valence electrons. The largest absolute Gasteiger partial charge is 0.430 e. The lowest BCUT2D eigenvalue weighted by molar-refractivity contribution is 0.0846. The van der Waals surface area contributed by atoms with Crippen LogP contribution >= 0.6 is 0 Å². The molecule has 0 aliphatic carbocycles. The number of aryl methyl sites for hydroxylation is 1. The Kier molecular flexibility index (Phi) is 4.30. The van der Waals surface area contributed by atoms with E-state index in [4.69, 9.17) is 9.15 Å². The Labute approximate surface area is 149 Å². The number of amides is 1. The molecular formula is C19H19N3O4. The van der Waals surface area contributed by atoms with Gasteiger partial charge in [-0.1, -0.05) is 18.2 Å². The third-order valence-electron chi connectivity index (χ3n) is 4.76. The molecule has 3 heterocycles. The molecule has 1 N–H and O–H groups in total.